The van der Waals surface area contributed by atoms with Crippen LogP contribution in [0.25, 0.3) is 10.6 Å². The summed E-state index contributed by atoms with van der Waals surface area (Å²) in [5.41, 5.74) is 2.77. The Morgan fingerprint density at radius 1 is 1.03 bits per heavy atom. The number of anilines is 1. The van der Waals surface area contributed by atoms with Crippen molar-refractivity contribution in [3.63, 3.8) is 0 Å². The van der Waals surface area contributed by atoms with Crippen molar-refractivity contribution in [1.82, 2.24) is 10.3 Å². The van der Waals surface area contributed by atoms with Crippen LogP contribution in [0.15, 0.2) is 60.0 Å². The SMILES string of the molecule is CCc1ccc(-c2nc(C(=O)OCC(=O)NC(=O)Nc3ccccc3)cs2)cc1. The Morgan fingerprint density at radius 2 is 1.76 bits per heavy atom. The van der Waals surface area contributed by atoms with E-state index in [4.69, 9.17) is 4.74 Å². The number of esters is 1. The van der Waals surface area contributed by atoms with E-state index in [1.807, 2.05) is 24.3 Å². The minimum atomic E-state index is -0.739. The molecule has 2 N–H and O–H groups in total. The van der Waals surface area contributed by atoms with E-state index in [9.17, 15) is 14.4 Å². The highest BCUT2D eigenvalue weighted by Crippen LogP contribution is 2.24. The van der Waals surface area contributed by atoms with Gasteiger partial charge in [-0.3, -0.25) is 10.1 Å². The van der Waals surface area contributed by atoms with E-state index in [1.165, 1.54) is 16.9 Å². The zero-order chi connectivity index (χ0) is 20.6. The fourth-order valence-corrected chi connectivity index (χ4v) is 3.23. The van der Waals surface area contributed by atoms with E-state index in [1.54, 1.807) is 35.7 Å². The Labute approximate surface area is 171 Å². The van der Waals surface area contributed by atoms with E-state index in [0.717, 1.165) is 12.0 Å². The smallest absolute Gasteiger partial charge is 0.358 e. The number of carbonyl (C=O) groups is 3. The van der Waals surface area contributed by atoms with Crippen molar-refractivity contribution in [2.45, 2.75) is 13.3 Å². The van der Waals surface area contributed by atoms with Gasteiger partial charge in [-0.2, -0.15) is 0 Å². The summed E-state index contributed by atoms with van der Waals surface area (Å²) in [5.74, 6) is -1.46. The van der Waals surface area contributed by atoms with E-state index < -0.39 is 24.5 Å². The molecule has 2 aromatic carbocycles. The molecule has 0 spiro atoms. The average molecular weight is 409 g/mol. The lowest BCUT2D eigenvalue weighted by Gasteiger charge is -2.06. The van der Waals surface area contributed by atoms with Crippen molar-refractivity contribution >= 4 is 34.9 Å². The zero-order valence-corrected chi connectivity index (χ0v) is 16.5. The molecular formula is C21H19N3O4S. The molecule has 1 aromatic heterocycles. The van der Waals surface area contributed by atoms with Crippen molar-refractivity contribution in [1.29, 1.82) is 0 Å². The number of hydrogen-bond donors (Lipinski definition) is 2. The highest BCUT2D eigenvalue weighted by Gasteiger charge is 2.16. The first-order valence-electron chi connectivity index (χ1n) is 8.93. The van der Waals surface area contributed by atoms with Gasteiger partial charge in [0.15, 0.2) is 12.3 Å². The maximum atomic E-state index is 12.1. The van der Waals surface area contributed by atoms with Crippen molar-refractivity contribution in [2.24, 2.45) is 0 Å². The van der Waals surface area contributed by atoms with Gasteiger partial charge in [-0.25, -0.2) is 14.6 Å². The van der Waals surface area contributed by atoms with Crippen LogP contribution in [0.2, 0.25) is 0 Å². The molecule has 3 rings (SSSR count). The standard InChI is InChI=1S/C21H19N3O4S/c1-2-14-8-10-15(11-9-14)19-23-17(13-29-19)20(26)28-12-18(25)24-21(27)22-16-6-4-3-5-7-16/h3-11,13H,2,12H2,1H3,(H2,22,24,25,27). The number of amides is 3. The largest absolute Gasteiger partial charge is 0.451 e. The van der Waals surface area contributed by atoms with Crippen LogP contribution in [-0.2, 0) is 16.0 Å². The zero-order valence-electron chi connectivity index (χ0n) is 15.7. The summed E-state index contributed by atoms with van der Waals surface area (Å²) >= 11 is 1.31. The van der Waals surface area contributed by atoms with Gasteiger partial charge in [0, 0.05) is 16.6 Å². The molecule has 1 heterocycles. The molecule has 0 saturated carbocycles. The monoisotopic (exact) mass is 409 g/mol. The predicted molar refractivity (Wildman–Crippen MR) is 111 cm³/mol. The van der Waals surface area contributed by atoms with E-state index in [-0.39, 0.29) is 5.69 Å². The number of aromatic nitrogens is 1. The van der Waals surface area contributed by atoms with Crippen molar-refractivity contribution in [2.75, 3.05) is 11.9 Å². The first-order chi connectivity index (χ1) is 14.0. The number of urea groups is 1. The third-order valence-electron chi connectivity index (χ3n) is 3.94. The lowest BCUT2D eigenvalue weighted by atomic mass is 10.1. The number of para-hydroxylation sites is 1. The number of nitrogens with one attached hydrogen (secondary N) is 2. The Hall–Kier alpha value is -3.52. The Kier molecular flexibility index (Phi) is 6.70. The highest BCUT2D eigenvalue weighted by molar-refractivity contribution is 7.13. The summed E-state index contributed by atoms with van der Waals surface area (Å²) in [5, 5.41) is 6.85. The van der Waals surface area contributed by atoms with Crippen molar-refractivity contribution < 1.29 is 19.1 Å². The summed E-state index contributed by atoms with van der Waals surface area (Å²) < 4.78 is 4.94. The molecule has 0 atom stereocenters. The van der Waals surface area contributed by atoms with E-state index >= 15 is 0 Å². The number of rotatable bonds is 6. The lowest BCUT2D eigenvalue weighted by molar-refractivity contribution is -0.123. The van der Waals surface area contributed by atoms with Crippen molar-refractivity contribution in [3.8, 4) is 10.6 Å². The Morgan fingerprint density at radius 3 is 2.45 bits per heavy atom. The number of benzene rings is 2. The molecule has 0 aliphatic heterocycles. The van der Waals surface area contributed by atoms with Gasteiger partial charge in [0.2, 0.25) is 0 Å². The van der Waals surface area contributed by atoms with Crippen LogP contribution in [0.5, 0.6) is 0 Å². The average Bonchev–Trinajstić information content (AvgIpc) is 3.23. The molecule has 0 aliphatic carbocycles. The third-order valence-corrected chi connectivity index (χ3v) is 4.83. The molecule has 3 amide bonds. The van der Waals surface area contributed by atoms with Gasteiger partial charge in [-0.05, 0) is 24.1 Å². The van der Waals surface area contributed by atoms with Crippen LogP contribution in [0.3, 0.4) is 0 Å². The van der Waals surface area contributed by atoms with Gasteiger partial charge in [0.25, 0.3) is 5.91 Å². The van der Waals surface area contributed by atoms with Gasteiger partial charge in [0.05, 0.1) is 0 Å². The maximum absolute atomic E-state index is 12.1. The second kappa shape index (κ2) is 9.61. The maximum Gasteiger partial charge on any atom is 0.358 e. The number of imide groups is 1. The number of carbonyl (C=O) groups excluding carboxylic acids is 3. The molecule has 148 valence electrons. The number of thiazole rings is 1. The second-order valence-electron chi connectivity index (χ2n) is 6.03. The molecule has 3 aromatic rings. The van der Waals surface area contributed by atoms with Gasteiger partial charge >= 0.3 is 12.0 Å². The second-order valence-corrected chi connectivity index (χ2v) is 6.89. The fraction of sp³-hybridized carbons (Fsp3) is 0.143. The Bertz CT molecular complexity index is 1000. The summed E-state index contributed by atoms with van der Waals surface area (Å²) in [4.78, 5) is 39.9. The number of hydrogen-bond acceptors (Lipinski definition) is 6. The molecule has 0 fully saturated rings. The molecule has 0 aliphatic rings. The molecule has 29 heavy (non-hydrogen) atoms. The van der Waals surface area contributed by atoms with Crippen LogP contribution >= 0.6 is 11.3 Å². The highest BCUT2D eigenvalue weighted by atomic mass is 32.1. The quantitative estimate of drug-likeness (QED) is 0.602. The molecule has 0 bridgehead atoms. The number of aryl methyl sites for hydroxylation is 1. The van der Waals surface area contributed by atoms with Crippen LogP contribution in [0.1, 0.15) is 23.0 Å². The van der Waals surface area contributed by atoms with Crippen LogP contribution in [0, 0.1) is 0 Å². The summed E-state index contributed by atoms with van der Waals surface area (Å²) in [6, 6.07) is 15.9. The van der Waals surface area contributed by atoms with E-state index in [2.05, 4.69) is 22.5 Å². The summed E-state index contributed by atoms with van der Waals surface area (Å²) in [6.45, 7) is 1.49. The molecular weight excluding hydrogens is 390 g/mol. The molecule has 8 heteroatoms. The minimum Gasteiger partial charge on any atom is -0.451 e. The lowest BCUT2D eigenvalue weighted by Crippen LogP contribution is -2.37. The Balaban J connectivity index is 1.49. The van der Waals surface area contributed by atoms with Crippen LogP contribution in [0.4, 0.5) is 10.5 Å². The normalized spacial score (nSPS) is 10.2. The number of nitrogens with zero attached hydrogens (tertiary/aromatic N) is 1. The van der Waals surface area contributed by atoms with Gasteiger partial charge < -0.3 is 10.1 Å². The molecule has 0 saturated heterocycles. The first kappa shape index (κ1) is 20.2. The summed E-state index contributed by atoms with van der Waals surface area (Å²) in [7, 11) is 0. The van der Waals surface area contributed by atoms with Gasteiger partial charge in [-0.15, -0.1) is 11.3 Å². The van der Waals surface area contributed by atoms with Crippen molar-refractivity contribution in [3.05, 3.63) is 71.2 Å². The van der Waals surface area contributed by atoms with E-state index in [0.29, 0.717) is 10.7 Å². The molecule has 0 radical (unpaired) electrons. The topological polar surface area (TPSA) is 97.4 Å². The number of ether oxygens (including phenoxy) is 1. The van der Waals surface area contributed by atoms with Gasteiger partial charge in [0.1, 0.15) is 5.01 Å². The third kappa shape index (κ3) is 5.73. The minimum absolute atomic E-state index is 0.117. The van der Waals surface area contributed by atoms with Gasteiger partial charge in [-0.1, -0.05) is 49.4 Å². The summed E-state index contributed by atoms with van der Waals surface area (Å²) in [6.07, 6.45) is 0.946. The van der Waals surface area contributed by atoms with Crippen LogP contribution < -0.4 is 10.6 Å². The fourth-order valence-electron chi connectivity index (χ4n) is 2.43. The predicted octanol–water partition coefficient (Wildman–Crippen LogP) is 3.88. The first-order valence-corrected chi connectivity index (χ1v) is 9.81. The molecule has 0 unspecified atom stereocenters. The van der Waals surface area contributed by atoms with Crippen LogP contribution in [-0.4, -0.2) is 29.5 Å². The molecule has 7 nitrogen and oxygen atoms in total.